The molecule has 2 aliphatic heterocycles. The van der Waals surface area contributed by atoms with Gasteiger partial charge in [-0.05, 0) is 37.6 Å². The summed E-state index contributed by atoms with van der Waals surface area (Å²) in [5.74, 6) is 0.253. The van der Waals surface area contributed by atoms with Gasteiger partial charge in [0.15, 0.2) is 0 Å². The lowest BCUT2D eigenvalue weighted by atomic mass is 9.84. The average molecular weight is 452 g/mol. The molecule has 0 aromatic heterocycles. The smallest absolute Gasteiger partial charge is 0.221 e. The SMILES string of the molecule is CC(C)=CC(CC[OH2+])C1CC2(N=C(N)N(C)O2)c2cc(-c3cccc(C#N)c3F)ccc2O1. The second kappa shape index (κ2) is 8.85. The largest absolute Gasteiger partial charge is 0.489 e. The van der Waals surface area contributed by atoms with Gasteiger partial charge in [-0.15, -0.1) is 0 Å². The summed E-state index contributed by atoms with van der Waals surface area (Å²) in [6, 6.07) is 12.0. The van der Waals surface area contributed by atoms with E-state index in [9.17, 15) is 9.65 Å². The third kappa shape index (κ3) is 4.17. The van der Waals surface area contributed by atoms with Crippen molar-refractivity contribution in [3.05, 3.63) is 65.0 Å². The number of aliphatic imine (C=N–C) groups is 1. The molecular weight excluding hydrogens is 423 g/mol. The number of hydrogen-bond acceptors (Lipinski definition) is 6. The maximum absolute atomic E-state index is 14.9. The molecule has 0 amide bonds. The van der Waals surface area contributed by atoms with Gasteiger partial charge in [-0.2, -0.15) is 5.26 Å². The van der Waals surface area contributed by atoms with E-state index in [1.54, 1.807) is 37.4 Å². The molecule has 2 aromatic carbocycles. The first-order valence-electron chi connectivity index (χ1n) is 10.9. The number of benzene rings is 2. The van der Waals surface area contributed by atoms with Crippen LogP contribution in [0.25, 0.3) is 11.1 Å². The Kier molecular flexibility index (Phi) is 6.11. The molecule has 8 heteroatoms. The zero-order valence-corrected chi connectivity index (χ0v) is 18.9. The fourth-order valence-corrected chi connectivity index (χ4v) is 4.49. The molecule has 4 rings (SSSR count). The van der Waals surface area contributed by atoms with E-state index in [4.69, 9.17) is 20.4 Å². The number of nitrogens with zero attached hydrogens (tertiary/aromatic N) is 3. The first-order valence-corrected chi connectivity index (χ1v) is 10.9. The highest BCUT2D eigenvalue weighted by molar-refractivity contribution is 5.79. The van der Waals surface area contributed by atoms with Crippen LogP contribution in [0.1, 0.15) is 37.8 Å². The molecule has 3 atom stereocenters. The quantitative estimate of drug-likeness (QED) is 0.553. The molecule has 172 valence electrons. The molecular formula is C25H28FN4O3+. The maximum atomic E-state index is 14.9. The molecule has 0 bridgehead atoms. The highest BCUT2D eigenvalue weighted by Gasteiger charge is 2.50. The van der Waals surface area contributed by atoms with E-state index in [-0.39, 0.29) is 30.2 Å². The van der Waals surface area contributed by atoms with E-state index >= 15 is 0 Å². The second-order valence-corrected chi connectivity index (χ2v) is 8.64. The van der Waals surface area contributed by atoms with Crippen LogP contribution in [-0.2, 0) is 10.6 Å². The standard InChI is InChI=1S/C25H27FN4O3/c1-15(2)11-17(9-10-31)22-13-25(29-24(28)30(3)33-25)20-12-16(7-8-21(20)32-22)19-6-4-5-18(14-27)23(19)26/h4-8,11-12,17,22,31H,9-10,13H2,1-3H3,(H2,28,29)/p+1. The number of halogens is 1. The molecule has 2 heterocycles. The Bertz CT molecular complexity index is 1170. The molecule has 7 nitrogen and oxygen atoms in total. The van der Waals surface area contributed by atoms with Crippen molar-refractivity contribution in [3.8, 4) is 22.9 Å². The molecule has 4 N–H and O–H groups in total. The highest BCUT2D eigenvalue weighted by Crippen LogP contribution is 2.49. The number of guanidine groups is 1. The van der Waals surface area contributed by atoms with Crippen LogP contribution in [0.15, 0.2) is 53.0 Å². The maximum Gasteiger partial charge on any atom is 0.221 e. The molecule has 0 radical (unpaired) electrons. The Labute approximate surface area is 192 Å². The molecule has 33 heavy (non-hydrogen) atoms. The summed E-state index contributed by atoms with van der Waals surface area (Å²) >= 11 is 0. The van der Waals surface area contributed by atoms with Gasteiger partial charge in [-0.3, -0.25) is 0 Å². The third-order valence-electron chi connectivity index (χ3n) is 6.00. The summed E-state index contributed by atoms with van der Waals surface area (Å²) in [4.78, 5) is 10.8. The van der Waals surface area contributed by atoms with Crippen LogP contribution in [0, 0.1) is 23.1 Å². The van der Waals surface area contributed by atoms with Gasteiger partial charge >= 0.3 is 0 Å². The number of allylic oxidation sites excluding steroid dienone is 1. The second-order valence-electron chi connectivity index (χ2n) is 8.64. The zero-order valence-electron chi connectivity index (χ0n) is 18.9. The predicted octanol–water partition coefficient (Wildman–Crippen LogP) is 3.56. The van der Waals surface area contributed by atoms with Crippen LogP contribution in [0.3, 0.4) is 0 Å². The Hall–Kier alpha value is -3.41. The van der Waals surface area contributed by atoms with Gasteiger partial charge < -0.3 is 15.6 Å². The first-order chi connectivity index (χ1) is 15.8. The molecule has 0 saturated heterocycles. The molecule has 3 unspecified atom stereocenters. The van der Waals surface area contributed by atoms with Crippen molar-refractivity contribution in [1.29, 1.82) is 5.26 Å². The van der Waals surface area contributed by atoms with E-state index in [1.165, 1.54) is 11.1 Å². The molecule has 2 aromatic rings. The Morgan fingerprint density at radius 3 is 2.85 bits per heavy atom. The molecule has 2 aliphatic rings. The number of fused-ring (bicyclic) bond motifs is 2. The number of nitrogens with two attached hydrogens (primary N) is 1. The monoisotopic (exact) mass is 451 g/mol. The highest BCUT2D eigenvalue weighted by atomic mass is 19.1. The summed E-state index contributed by atoms with van der Waals surface area (Å²) in [5.41, 5.74) is 7.64. The summed E-state index contributed by atoms with van der Waals surface area (Å²) < 4.78 is 21.3. The number of hydrogen-bond donors (Lipinski definition) is 1. The van der Waals surface area contributed by atoms with Crippen LogP contribution >= 0.6 is 0 Å². The fraction of sp³-hybridized carbons (Fsp3) is 0.360. The average Bonchev–Trinajstić information content (AvgIpc) is 3.06. The number of nitriles is 1. The first kappa shape index (κ1) is 22.8. The lowest BCUT2D eigenvalue weighted by molar-refractivity contribution is -0.193. The lowest BCUT2D eigenvalue weighted by Gasteiger charge is -2.39. The van der Waals surface area contributed by atoms with Crippen molar-refractivity contribution in [1.82, 2.24) is 5.06 Å². The van der Waals surface area contributed by atoms with E-state index in [0.29, 0.717) is 35.3 Å². The molecule has 0 fully saturated rings. The predicted molar refractivity (Wildman–Crippen MR) is 124 cm³/mol. The van der Waals surface area contributed by atoms with Crippen LogP contribution in [0.5, 0.6) is 5.75 Å². The minimum Gasteiger partial charge on any atom is -0.489 e. The Balaban J connectivity index is 1.83. The topological polar surface area (TPSA) is 107 Å². The summed E-state index contributed by atoms with van der Waals surface area (Å²) in [7, 11) is 1.69. The van der Waals surface area contributed by atoms with E-state index in [0.717, 1.165) is 5.57 Å². The Morgan fingerprint density at radius 2 is 2.21 bits per heavy atom. The lowest BCUT2D eigenvalue weighted by Crippen LogP contribution is -2.42. The fourth-order valence-electron chi connectivity index (χ4n) is 4.49. The van der Waals surface area contributed by atoms with E-state index in [2.05, 4.69) is 11.1 Å². The van der Waals surface area contributed by atoms with Gasteiger partial charge in [0.1, 0.15) is 30.3 Å². The van der Waals surface area contributed by atoms with Gasteiger partial charge in [0.25, 0.3) is 0 Å². The van der Waals surface area contributed by atoms with Crippen molar-refractivity contribution >= 4 is 5.96 Å². The summed E-state index contributed by atoms with van der Waals surface area (Å²) in [6.45, 7) is 4.32. The van der Waals surface area contributed by atoms with Crippen LogP contribution in [-0.4, -0.2) is 35.9 Å². The van der Waals surface area contributed by atoms with Crippen LogP contribution < -0.4 is 10.5 Å². The minimum atomic E-state index is -1.12. The summed E-state index contributed by atoms with van der Waals surface area (Å²) in [6.07, 6.45) is 2.88. The van der Waals surface area contributed by atoms with Crippen molar-refractivity contribution in [2.24, 2.45) is 16.6 Å². The van der Waals surface area contributed by atoms with Gasteiger partial charge in [-0.1, -0.05) is 29.8 Å². The van der Waals surface area contributed by atoms with Crippen molar-refractivity contribution in [2.45, 2.75) is 38.5 Å². The number of rotatable bonds is 5. The molecule has 1 spiro atoms. The van der Waals surface area contributed by atoms with E-state index < -0.39 is 11.5 Å². The normalized spacial score (nSPS) is 22.2. The minimum absolute atomic E-state index is 0.00730. The number of hydroxylamine groups is 2. The Morgan fingerprint density at radius 1 is 1.42 bits per heavy atom. The van der Waals surface area contributed by atoms with Crippen LogP contribution in [0.2, 0.25) is 0 Å². The van der Waals surface area contributed by atoms with Crippen molar-refractivity contribution < 1.29 is 19.1 Å². The molecule has 0 aliphatic carbocycles. The van der Waals surface area contributed by atoms with E-state index in [1.807, 2.05) is 19.9 Å². The van der Waals surface area contributed by atoms with Gasteiger partial charge in [0.2, 0.25) is 11.7 Å². The van der Waals surface area contributed by atoms with Crippen molar-refractivity contribution in [3.63, 3.8) is 0 Å². The third-order valence-corrected chi connectivity index (χ3v) is 6.00. The zero-order chi connectivity index (χ0) is 23.8. The molecule has 0 saturated carbocycles. The van der Waals surface area contributed by atoms with Crippen molar-refractivity contribution in [2.75, 3.05) is 13.7 Å². The van der Waals surface area contributed by atoms with Gasteiger partial charge in [-0.25, -0.2) is 19.3 Å². The van der Waals surface area contributed by atoms with Gasteiger partial charge in [0.05, 0.1) is 11.1 Å². The van der Waals surface area contributed by atoms with Crippen LogP contribution in [0.4, 0.5) is 4.39 Å². The number of ether oxygens (including phenoxy) is 1. The summed E-state index contributed by atoms with van der Waals surface area (Å²) in [5, 5.41) is 18.4. The van der Waals surface area contributed by atoms with Gasteiger partial charge in [0, 0.05) is 31.4 Å².